The molecule has 9 heteroatoms. The molecule has 0 aromatic carbocycles. The van der Waals surface area contributed by atoms with Crippen LogP contribution in [0.2, 0.25) is 0 Å². The van der Waals surface area contributed by atoms with Gasteiger partial charge in [-0.3, -0.25) is 9.48 Å². The highest BCUT2D eigenvalue weighted by atomic mass is 16.5. The second kappa shape index (κ2) is 8.49. The van der Waals surface area contributed by atoms with Gasteiger partial charge in [-0.2, -0.15) is 5.10 Å². The van der Waals surface area contributed by atoms with E-state index in [2.05, 4.69) is 34.4 Å². The standard InChI is InChI=1S/C22H29N7O2/c1-13(2)24-22-23-11-17(19-10-14(3)27-31-19)20(25-22)16-6-8-29(9-7-16)21(30)18-12-28(5)26-15(18)4/h10-13,16H,6-9H2,1-5H3,(H,23,24,25). The van der Waals surface area contributed by atoms with Gasteiger partial charge in [0.2, 0.25) is 5.95 Å². The first-order chi connectivity index (χ1) is 14.8. The van der Waals surface area contributed by atoms with Crippen molar-refractivity contribution in [1.82, 2.24) is 29.8 Å². The maximum atomic E-state index is 13.0. The number of likely N-dealkylation sites (tertiary alicyclic amines) is 1. The summed E-state index contributed by atoms with van der Waals surface area (Å²) < 4.78 is 7.20. The lowest BCUT2D eigenvalue weighted by Crippen LogP contribution is -2.38. The molecule has 0 spiro atoms. The quantitative estimate of drug-likeness (QED) is 0.671. The topological polar surface area (TPSA) is 102 Å². The van der Waals surface area contributed by atoms with Crippen molar-refractivity contribution in [2.75, 3.05) is 18.4 Å². The van der Waals surface area contributed by atoms with Crippen LogP contribution in [0.15, 0.2) is 23.0 Å². The monoisotopic (exact) mass is 423 g/mol. The van der Waals surface area contributed by atoms with Gasteiger partial charge in [-0.25, -0.2) is 9.97 Å². The van der Waals surface area contributed by atoms with Gasteiger partial charge in [0.05, 0.1) is 28.2 Å². The number of nitrogens with one attached hydrogen (secondary N) is 1. The Morgan fingerprint density at radius 1 is 1.26 bits per heavy atom. The van der Waals surface area contributed by atoms with Crippen molar-refractivity contribution in [3.63, 3.8) is 0 Å². The average molecular weight is 424 g/mol. The summed E-state index contributed by atoms with van der Waals surface area (Å²) in [5, 5.41) is 11.6. The highest BCUT2D eigenvalue weighted by Crippen LogP contribution is 2.35. The smallest absolute Gasteiger partial charge is 0.257 e. The second-order valence-electron chi connectivity index (χ2n) is 8.49. The number of hydrogen-bond donors (Lipinski definition) is 1. The lowest BCUT2D eigenvalue weighted by molar-refractivity contribution is 0.0711. The van der Waals surface area contributed by atoms with Crippen LogP contribution >= 0.6 is 0 Å². The van der Waals surface area contributed by atoms with Crippen molar-refractivity contribution in [1.29, 1.82) is 0 Å². The van der Waals surface area contributed by atoms with Crippen LogP contribution < -0.4 is 5.32 Å². The zero-order valence-corrected chi connectivity index (χ0v) is 18.7. The van der Waals surface area contributed by atoms with E-state index in [0.29, 0.717) is 30.4 Å². The number of carbonyl (C=O) groups excluding carboxylic acids is 1. The van der Waals surface area contributed by atoms with Crippen molar-refractivity contribution < 1.29 is 9.32 Å². The molecule has 1 aliphatic rings. The molecule has 1 fully saturated rings. The van der Waals surface area contributed by atoms with E-state index in [0.717, 1.165) is 35.5 Å². The van der Waals surface area contributed by atoms with Gasteiger partial charge in [0.1, 0.15) is 0 Å². The van der Waals surface area contributed by atoms with E-state index in [1.165, 1.54) is 0 Å². The fraction of sp³-hybridized carbons (Fsp3) is 0.500. The van der Waals surface area contributed by atoms with Crippen LogP contribution in [0, 0.1) is 13.8 Å². The van der Waals surface area contributed by atoms with Gasteiger partial charge in [0.15, 0.2) is 5.76 Å². The number of aromatic nitrogens is 5. The molecular weight excluding hydrogens is 394 g/mol. The summed E-state index contributed by atoms with van der Waals surface area (Å²) >= 11 is 0. The number of carbonyl (C=O) groups is 1. The van der Waals surface area contributed by atoms with Crippen LogP contribution in [0.5, 0.6) is 0 Å². The summed E-state index contributed by atoms with van der Waals surface area (Å²) in [6.07, 6.45) is 5.25. The van der Waals surface area contributed by atoms with Gasteiger partial charge in [-0.05, 0) is 40.5 Å². The summed E-state index contributed by atoms with van der Waals surface area (Å²) in [5.74, 6) is 1.53. The van der Waals surface area contributed by atoms with Gasteiger partial charge in [0.25, 0.3) is 5.91 Å². The van der Waals surface area contributed by atoms with E-state index >= 15 is 0 Å². The Labute approximate surface area is 181 Å². The fourth-order valence-electron chi connectivity index (χ4n) is 4.05. The highest BCUT2D eigenvalue weighted by Gasteiger charge is 2.29. The minimum absolute atomic E-state index is 0.0417. The first-order valence-electron chi connectivity index (χ1n) is 10.7. The van der Waals surface area contributed by atoms with Crippen LogP contribution in [0.4, 0.5) is 5.95 Å². The van der Waals surface area contributed by atoms with Crippen molar-refractivity contribution >= 4 is 11.9 Å². The molecule has 1 amide bonds. The Bertz CT molecular complexity index is 1080. The van der Waals surface area contributed by atoms with Crippen molar-refractivity contribution in [3.8, 4) is 11.3 Å². The summed E-state index contributed by atoms with van der Waals surface area (Å²) in [6, 6.07) is 2.13. The van der Waals surface area contributed by atoms with E-state index in [1.54, 1.807) is 10.9 Å². The number of piperidine rings is 1. The van der Waals surface area contributed by atoms with E-state index < -0.39 is 0 Å². The van der Waals surface area contributed by atoms with Crippen LogP contribution in [0.3, 0.4) is 0 Å². The molecular formula is C22H29N7O2. The van der Waals surface area contributed by atoms with Crippen molar-refractivity contribution in [3.05, 3.63) is 41.1 Å². The molecule has 164 valence electrons. The molecule has 0 unspecified atom stereocenters. The molecule has 1 N–H and O–H groups in total. The Morgan fingerprint density at radius 2 is 2.00 bits per heavy atom. The molecule has 9 nitrogen and oxygen atoms in total. The van der Waals surface area contributed by atoms with Crippen molar-refractivity contribution in [2.45, 2.75) is 52.5 Å². The molecule has 0 atom stereocenters. The van der Waals surface area contributed by atoms with E-state index in [1.807, 2.05) is 38.1 Å². The summed E-state index contributed by atoms with van der Waals surface area (Å²) in [6.45, 7) is 9.22. The molecule has 3 aromatic heterocycles. The second-order valence-corrected chi connectivity index (χ2v) is 8.49. The minimum atomic E-state index is 0.0417. The first kappa shape index (κ1) is 21.0. The average Bonchev–Trinajstić information content (AvgIpc) is 3.31. The number of hydrogen-bond acceptors (Lipinski definition) is 7. The third-order valence-corrected chi connectivity index (χ3v) is 5.54. The number of aryl methyl sites for hydroxylation is 3. The fourth-order valence-corrected chi connectivity index (χ4v) is 4.05. The van der Waals surface area contributed by atoms with E-state index in [9.17, 15) is 4.79 Å². The maximum absolute atomic E-state index is 13.0. The molecule has 1 saturated heterocycles. The summed E-state index contributed by atoms with van der Waals surface area (Å²) in [7, 11) is 1.83. The van der Waals surface area contributed by atoms with Gasteiger partial charge < -0.3 is 14.7 Å². The van der Waals surface area contributed by atoms with Gasteiger partial charge in [-0.1, -0.05) is 5.16 Å². The number of rotatable bonds is 5. The molecule has 0 bridgehead atoms. The number of nitrogens with zero attached hydrogens (tertiary/aromatic N) is 6. The Hall–Kier alpha value is -3.23. The third-order valence-electron chi connectivity index (χ3n) is 5.54. The highest BCUT2D eigenvalue weighted by molar-refractivity contribution is 5.95. The molecule has 0 aliphatic carbocycles. The Morgan fingerprint density at radius 3 is 2.58 bits per heavy atom. The van der Waals surface area contributed by atoms with Crippen LogP contribution in [0.1, 0.15) is 60.0 Å². The summed E-state index contributed by atoms with van der Waals surface area (Å²) in [5.41, 5.74) is 4.06. The normalized spacial score (nSPS) is 15.0. The van der Waals surface area contributed by atoms with Crippen LogP contribution in [-0.2, 0) is 7.05 Å². The Balaban J connectivity index is 1.56. The number of amides is 1. The molecule has 0 radical (unpaired) electrons. The largest absolute Gasteiger partial charge is 0.356 e. The predicted octanol–water partition coefficient (Wildman–Crippen LogP) is 3.32. The van der Waals surface area contributed by atoms with Crippen LogP contribution in [-0.4, -0.2) is 54.8 Å². The SMILES string of the molecule is Cc1cc(-c2cnc(NC(C)C)nc2C2CCN(C(=O)c3cn(C)nc3C)CC2)on1. The number of anilines is 1. The van der Waals surface area contributed by atoms with Crippen molar-refractivity contribution in [2.24, 2.45) is 7.05 Å². The minimum Gasteiger partial charge on any atom is -0.356 e. The molecule has 4 rings (SSSR count). The molecule has 31 heavy (non-hydrogen) atoms. The Kier molecular flexibility index (Phi) is 5.75. The first-order valence-corrected chi connectivity index (χ1v) is 10.7. The van der Waals surface area contributed by atoms with Crippen LogP contribution in [0.25, 0.3) is 11.3 Å². The third kappa shape index (κ3) is 4.45. The van der Waals surface area contributed by atoms with Gasteiger partial charge in [-0.15, -0.1) is 0 Å². The molecule has 4 heterocycles. The zero-order chi connectivity index (χ0) is 22.1. The van der Waals surface area contributed by atoms with Gasteiger partial charge in [0, 0.05) is 50.6 Å². The molecule has 1 aliphatic heterocycles. The van der Waals surface area contributed by atoms with E-state index in [-0.39, 0.29) is 17.9 Å². The van der Waals surface area contributed by atoms with Gasteiger partial charge >= 0.3 is 0 Å². The molecule has 0 saturated carbocycles. The summed E-state index contributed by atoms with van der Waals surface area (Å²) in [4.78, 5) is 24.2. The maximum Gasteiger partial charge on any atom is 0.257 e. The molecule has 3 aromatic rings. The predicted molar refractivity (Wildman–Crippen MR) is 117 cm³/mol. The lowest BCUT2D eigenvalue weighted by atomic mass is 9.90. The zero-order valence-electron chi connectivity index (χ0n) is 18.7. The van der Waals surface area contributed by atoms with E-state index in [4.69, 9.17) is 9.51 Å². The lowest BCUT2D eigenvalue weighted by Gasteiger charge is -2.32.